The number of fused-ring (bicyclic) bond motifs is 1. The predicted octanol–water partition coefficient (Wildman–Crippen LogP) is 1.36. The largest absolute Gasteiger partial charge is 0.497 e. The fraction of sp³-hybridized carbons (Fsp3) is 0.278. The lowest BCUT2D eigenvalue weighted by molar-refractivity contribution is -0.139. The number of aromatic amines is 1. The number of hydrogen-bond acceptors (Lipinski definition) is 8. The van der Waals surface area contributed by atoms with Gasteiger partial charge in [-0.1, -0.05) is 0 Å². The van der Waals surface area contributed by atoms with E-state index in [0.717, 1.165) is 0 Å². The molecule has 9 heteroatoms. The van der Waals surface area contributed by atoms with Crippen LogP contribution in [-0.2, 0) is 16.0 Å². The summed E-state index contributed by atoms with van der Waals surface area (Å²) in [7, 11) is 4.36. The maximum atomic E-state index is 11.8. The minimum Gasteiger partial charge on any atom is -0.497 e. The zero-order valence-corrected chi connectivity index (χ0v) is 15.0. The smallest absolute Gasteiger partial charge is 0.311 e. The molecule has 0 amide bonds. The Bertz CT molecular complexity index is 957. The summed E-state index contributed by atoms with van der Waals surface area (Å²) in [5.41, 5.74) is 7.75. The van der Waals surface area contributed by atoms with Crippen molar-refractivity contribution in [1.29, 1.82) is 5.26 Å². The van der Waals surface area contributed by atoms with Gasteiger partial charge in [0, 0.05) is 5.56 Å². The Hall–Kier alpha value is -3.67. The number of carbonyl (C=O) groups excluding carboxylic acids is 1. The number of H-pyrrole nitrogens is 1. The molecule has 0 bridgehead atoms. The average Bonchev–Trinajstić information content (AvgIpc) is 3.08. The summed E-state index contributed by atoms with van der Waals surface area (Å²) in [5.74, 6) is 0.129. The number of rotatable bonds is 5. The quantitative estimate of drug-likeness (QED) is 0.754. The molecule has 3 N–H and O–H groups in total. The number of methoxy groups -OCH3 is 3. The molecule has 0 aliphatic carbocycles. The molecule has 0 saturated heterocycles. The molecule has 1 aliphatic heterocycles. The van der Waals surface area contributed by atoms with Gasteiger partial charge in [0.1, 0.15) is 23.1 Å². The van der Waals surface area contributed by atoms with Crippen LogP contribution in [0.5, 0.6) is 17.4 Å². The van der Waals surface area contributed by atoms with Gasteiger partial charge in [0.05, 0.1) is 44.9 Å². The normalized spacial score (nSPS) is 15.4. The Morgan fingerprint density at radius 3 is 2.78 bits per heavy atom. The summed E-state index contributed by atoms with van der Waals surface area (Å²) >= 11 is 0. The molecule has 0 spiro atoms. The van der Waals surface area contributed by atoms with Crippen molar-refractivity contribution in [3.8, 4) is 23.4 Å². The third kappa shape index (κ3) is 3.13. The number of esters is 1. The lowest BCUT2D eigenvalue weighted by atomic mass is 9.83. The van der Waals surface area contributed by atoms with Crippen molar-refractivity contribution in [3.05, 3.63) is 46.5 Å². The average molecular weight is 370 g/mol. The standard InChI is InChI=1S/C18H18N4O5/c1-24-9-4-5-13(25-2)10(6-9)15-11(8-19)17(20)27-18-16(15)12(21-22-18)7-14(23)26-3/h4-6,15H,7,20H2,1-3H3,(H,21,22). The van der Waals surface area contributed by atoms with Crippen molar-refractivity contribution in [2.45, 2.75) is 12.3 Å². The van der Waals surface area contributed by atoms with Gasteiger partial charge in [0.25, 0.3) is 0 Å². The van der Waals surface area contributed by atoms with E-state index in [1.807, 2.05) is 0 Å². The van der Waals surface area contributed by atoms with E-state index in [0.29, 0.717) is 28.3 Å². The number of allylic oxidation sites excluding steroid dienone is 1. The third-order valence-corrected chi connectivity index (χ3v) is 4.31. The van der Waals surface area contributed by atoms with E-state index in [9.17, 15) is 10.1 Å². The predicted molar refractivity (Wildman–Crippen MR) is 93.2 cm³/mol. The van der Waals surface area contributed by atoms with Crippen molar-refractivity contribution >= 4 is 5.97 Å². The monoisotopic (exact) mass is 370 g/mol. The first kappa shape index (κ1) is 18.1. The lowest BCUT2D eigenvalue weighted by Gasteiger charge is -2.25. The topological polar surface area (TPSA) is 132 Å². The molecule has 0 fully saturated rings. The van der Waals surface area contributed by atoms with Crippen molar-refractivity contribution in [3.63, 3.8) is 0 Å². The summed E-state index contributed by atoms with van der Waals surface area (Å²) in [4.78, 5) is 11.8. The second kappa shape index (κ2) is 7.29. The van der Waals surface area contributed by atoms with Crippen molar-refractivity contribution in [2.24, 2.45) is 5.73 Å². The molecule has 0 radical (unpaired) electrons. The molecule has 2 aromatic rings. The molecule has 1 aromatic heterocycles. The zero-order valence-electron chi connectivity index (χ0n) is 15.0. The van der Waals surface area contributed by atoms with Gasteiger partial charge >= 0.3 is 5.97 Å². The Morgan fingerprint density at radius 2 is 2.15 bits per heavy atom. The fourth-order valence-electron chi connectivity index (χ4n) is 3.04. The van der Waals surface area contributed by atoms with Gasteiger partial charge in [-0.15, -0.1) is 5.10 Å². The first-order chi connectivity index (χ1) is 13.0. The molecule has 9 nitrogen and oxygen atoms in total. The summed E-state index contributed by atoms with van der Waals surface area (Å²) < 4.78 is 21.0. The van der Waals surface area contributed by atoms with Crippen molar-refractivity contribution in [1.82, 2.24) is 10.2 Å². The van der Waals surface area contributed by atoms with Crippen LogP contribution in [0.3, 0.4) is 0 Å². The van der Waals surface area contributed by atoms with E-state index < -0.39 is 11.9 Å². The van der Waals surface area contributed by atoms with Crippen LogP contribution in [0.2, 0.25) is 0 Å². The number of hydrogen-bond donors (Lipinski definition) is 2. The number of nitriles is 1. The second-order valence-electron chi connectivity index (χ2n) is 5.71. The Kier molecular flexibility index (Phi) is 4.90. The van der Waals surface area contributed by atoms with Crippen molar-refractivity contribution in [2.75, 3.05) is 21.3 Å². The van der Waals surface area contributed by atoms with Crippen LogP contribution in [0, 0.1) is 11.3 Å². The van der Waals surface area contributed by atoms with Gasteiger partial charge < -0.3 is 24.7 Å². The summed E-state index contributed by atoms with van der Waals surface area (Å²) in [6.45, 7) is 0. The number of nitrogens with two attached hydrogens (primary N) is 1. The van der Waals surface area contributed by atoms with Crippen LogP contribution in [0.4, 0.5) is 0 Å². The third-order valence-electron chi connectivity index (χ3n) is 4.31. The molecule has 140 valence electrons. The Labute approximate surface area is 155 Å². The molecule has 1 unspecified atom stereocenters. The van der Waals surface area contributed by atoms with Crippen molar-refractivity contribution < 1.29 is 23.7 Å². The highest BCUT2D eigenvalue weighted by Gasteiger charge is 2.37. The summed E-state index contributed by atoms with van der Waals surface area (Å²) in [6.07, 6.45) is -0.0659. The first-order valence-electron chi connectivity index (χ1n) is 7.97. The van der Waals surface area contributed by atoms with Gasteiger partial charge in [0.2, 0.25) is 11.8 Å². The zero-order chi connectivity index (χ0) is 19.6. The SMILES string of the molecule is COC(=O)Cc1[nH]nc2c1C(c1cc(OC)ccc1OC)C(C#N)=C(N)O2. The van der Waals surface area contributed by atoms with E-state index >= 15 is 0 Å². The Balaban J connectivity index is 2.24. The number of aromatic nitrogens is 2. The number of nitrogens with one attached hydrogen (secondary N) is 1. The van der Waals surface area contributed by atoms with Crippen LogP contribution in [0.25, 0.3) is 0 Å². The molecule has 1 atom stereocenters. The molecular weight excluding hydrogens is 352 g/mol. The fourth-order valence-corrected chi connectivity index (χ4v) is 3.04. The van der Waals surface area contributed by atoms with Crippen LogP contribution >= 0.6 is 0 Å². The van der Waals surface area contributed by atoms with Crippen LogP contribution in [0.15, 0.2) is 29.7 Å². The Morgan fingerprint density at radius 1 is 1.37 bits per heavy atom. The van der Waals surface area contributed by atoms with E-state index in [1.54, 1.807) is 18.2 Å². The molecule has 3 rings (SSSR count). The number of benzene rings is 1. The van der Waals surface area contributed by atoms with Crippen LogP contribution < -0.4 is 19.9 Å². The molecule has 2 heterocycles. The minimum atomic E-state index is -0.651. The highest BCUT2D eigenvalue weighted by molar-refractivity contribution is 5.73. The second-order valence-corrected chi connectivity index (χ2v) is 5.71. The molecule has 0 saturated carbocycles. The van der Waals surface area contributed by atoms with Gasteiger partial charge in [0.15, 0.2) is 0 Å². The van der Waals surface area contributed by atoms with E-state index in [-0.39, 0.29) is 23.8 Å². The van der Waals surface area contributed by atoms with E-state index in [2.05, 4.69) is 16.3 Å². The van der Waals surface area contributed by atoms with E-state index in [1.165, 1.54) is 21.3 Å². The van der Waals surface area contributed by atoms with E-state index in [4.69, 9.17) is 24.7 Å². The summed E-state index contributed by atoms with van der Waals surface area (Å²) in [5, 5.41) is 16.6. The highest BCUT2D eigenvalue weighted by atomic mass is 16.5. The summed E-state index contributed by atoms with van der Waals surface area (Å²) in [6, 6.07) is 7.31. The van der Waals surface area contributed by atoms with Gasteiger partial charge in [-0.25, -0.2) is 0 Å². The molecular formula is C18H18N4O5. The number of ether oxygens (including phenoxy) is 4. The number of carbonyl (C=O) groups is 1. The maximum Gasteiger partial charge on any atom is 0.311 e. The molecule has 27 heavy (non-hydrogen) atoms. The minimum absolute atomic E-state index is 0.0593. The lowest BCUT2D eigenvalue weighted by Crippen LogP contribution is -2.22. The molecule has 1 aliphatic rings. The van der Waals surface area contributed by atoms with Crippen LogP contribution in [-0.4, -0.2) is 37.5 Å². The maximum absolute atomic E-state index is 11.8. The highest BCUT2D eigenvalue weighted by Crippen LogP contribution is 2.46. The number of nitrogens with zero attached hydrogens (tertiary/aromatic N) is 2. The van der Waals surface area contributed by atoms with Gasteiger partial charge in [-0.3, -0.25) is 9.89 Å². The van der Waals surface area contributed by atoms with Gasteiger partial charge in [-0.05, 0) is 18.2 Å². The molecule has 1 aromatic carbocycles. The van der Waals surface area contributed by atoms with Crippen LogP contribution in [0.1, 0.15) is 22.7 Å². The first-order valence-corrected chi connectivity index (χ1v) is 7.97. The van der Waals surface area contributed by atoms with Gasteiger partial charge in [-0.2, -0.15) is 5.26 Å².